The molecule has 1 aliphatic carbocycles. The number of hydrogen-bond donors (Lipinski definition) is 3. The molecule has 1 spiro atoms. The highest BCUT2D eigenvalue weighted by atomic mass is 32.2. The lowest BCUT2D eigenvalue weighted by molar-refractivity contribution is -0.384. The standard InChI is InChI=1S/C60H68F2N8O8S/c1-37(2)45-5-3-4-6-46(45)52-29-40(27-39-7-11-48(61)49(62)28-39)14-21-68(52)43-33-60(34-43)18-22-67(23-19-60)42-8-10-47(53(31-42)69-51-17-26-77-36-56(51)78-59-55(69)30-41-13-20-63-57(41)65-59)58(71)66-79(74,75)44-9-12-50(54(32-44)70(72)73)64-35-38-15-24-76-25-16-38/h3-13,20,28,30-32,37-38,40,43,51-52,56,64H,14-19,21-27,29,33-36H2,1-2H3,(H,63,65)(H,66,71)/t40-,51+,52-,56+/m1/s1. The van der Waals surface area contributed by atoms with Crippen LogP contribution in [0.15, 0.2) is 102 Å². The van der Waals surface area contributed by atoms with Gasteiger partial charge >= 0.3 is 0 Å². The molecule has 4 atom stereocenters. The Morgan fingerprint density at radius 3 is 2.47 bits per heavy atom. The number of hydrogen-bond acceptors (Lipinski definition) is 13. The van der Waals surface area contributed by atoms with Crippen molar-refractivity contribution in [2.24, 2.45) is 17.3 Å². The third-order valence-corrected chi connectivity index (χ3v) is 19.3. The van der Waals surface area contributed by atoms with Crippen molar-refractivity contribution in [1.82, 2.24) is 19.6 Å². The molecule has 6 aliphatic rings. The van der Waals surface area contributed by atoms with E-state index in [2.05, 4.69) is 67.8 Å². The number of benzene rings is 4. The summed E-state index contributed by atoms with van der Waals surface area (Å²) in [7, 11) is -4.63. The fourth-order valence-corrected chi connectivity index (χ4v) is 14.6. The summed E-state index contributed by atoms with van der Waals surface area (Å²) in [6.45, 7) is 9.43. The molecule has 4 aromatic carbocycles. The van der Waals surface area contributed by atoms with Crippen LogP contribution in [-0.2, 0) is 25.9 Å². The van der Waals surface area contributed by atoms with Crippen LogP contribution in [-0.4, -0.2) is 105 Å². The zero-order valence-corrected chi connectivity index (χ0v) is 45.5. The zero-order valence-electron chi connectivity index (χ0n) is 44.7. The normalized spacial score (nSPS) is 22.7. The number of rotatable bonds is 14. The van der Waals surface area contributed by atoms with E-state index in [1.807, 2.05) is 24.3 Å². The summed E-state index contributed by atoms with van der Waals surface area (Å²) in [6, 6.07) is 26.5. The monoisotopic (exact) mass is 1100 g/mol. The summed E-state index contributed by atoms with van der Waals surface area (Å²) in [5, 5.41) is 16.3. The van der Waals surface area contributed by atoms with Gasteiger partial charge in [0, 0.05) is 74.9 Å². The van der Waals surface area contributed by atoms with Gasteiger partial charge in [-0.25, -0.2) is 21.9 Å². The minimum Gasteiger partial charge on any atom is -0.468 e. The van der Waals surface area contributed by atoms with Crippen LogP contribution in [0.5, 0.6) is 5.88 Å². The molecule has 19 heteroatoms. The maximum absolute atomic E-state index is 14.8. The SMILES string of the molecule is CC(C)c1ccccc1[C@H]1C[C@@H](Cc2ccc(F)c(F)c2)CCN1C1CC2(CCN(c3ccc(C(=O)NS(=O)(=O)c4ccc(NCC5CCOCC5)c([N+](=O)[O-])c4)c(N4c5cc6cc[nH]c6nc5O[C@H]5COCC[C@@H]54)c3)CC2)C1. The first-order valence-electron chi connectivity index (χ1n) is 28.1. The Morgan fingerprint density at radius 1 is 0.886 bits per heavy atom. The lowest BCUT2D eigenvalue weighted by Gasteiger charge is -2.58. The Labute approximate surface area is 459 Å². The Hall–Kier alpha value is -6.67. The van der Waals surface area contributed by atoms with Crippen LogP contribution >= 0.6 is 0 Å². The second-order valence-electron chi connectivity index (χ2n) is 23.1. The van der Waals surface area contributed by atoms with Crippen molar-refractivity contribution >= 4 is 55.4 Å². The van der Waals surface area contributed by atoms with Gasteiger partial charge in [-0.3, -0.25) is 19.8 Å². The largest absolute Gasteiger partial charge is 0.468 e. The minimum atomic E-state index is -4.63. The van der Waals surface area contributed by atoms with Crippen molar-refractivity contribution in [3.05, 3.63) is 141 Å². The molecule has 0 unspecified atom stereocenters. The van der Waals surface area contributed by atoms with Gasteiger partial charge in [-0.2, -0.15) is 4.98 Å². The van der Waals surface area contributed by atoms with Crippen molar-refractivity contribution in [3.63, 3.8) is 0 Å². The van der Waals surface area contributed by atoms with Gasteiger partial charge in [0.15, 0.2) is 11.6 Å². The highest BCUT2D eigenvalue weighted by Gasteiger charge is 2.50. The van der Waals surface area contributed by atoms with Crippen LogP contribution in [0.3, 0.4) is 0 Å². The van der Waals surface area contributed by atoms with Crippen LogP contribution in [0, 0.1) is 39.0 Å². The number of H-pyrrole nitrogens is 1. The van der Waals surface area contributed by atoms with Gasteiger partial charge in [0.2, 0.25) is 5.88 Å². The molecular weight excluding hydrogens is 1030 g/mol. The van der Waals surface area contributed by atoms with Crippen LogP contribution in [0.2, 0.25) is 0 Å². The molecule has 0 radical (unpaired) electrons. The van der Waals surface area contributed by atoms with Crippen LogP contribution < -0.4 is 24.6 Å². The number of amides is 1. The first-order valence-corrected chi connectivity index (χ1v) is 29.5. The van der Waals surface area contributed by atoms with Gasteiger partial charge < -0.3 is 34.3 Å². The average Bonchev–Trinajstić information content (AvgIpc) is 4.12. The van der Waals surface area contributed by atoms with E-state index in [0.29, 0.717) is 80.0 Å². The molecule has 3 N–H and O–H groups in total. The first-order chi connectivity index (χ1) is 38.2. The van der Waals surface area contributed by atoms with Gasteiger partial charge in [0.05, 0.1) is 33.7 Å². The summed E-state index contributed by atoms with van der Waals surface area (Å²) in [5.41, 5.74) is 6.22. The number of carbonyl (C=O) groups is 1. The predicted octanol–water partition coefficient (Wildman–Crippen LogP) is 11.0. The minimum absolute atomic E-state index is 0.0985. The zero-order chi connectivity index (χ0) is 54.6. The molecule has 416 valence electrons. The maximum Gasteiger partial charge on any atom is 0.293 e. The van der Waals surface area contributed by atoms with Gasteiger partial charge in [-0.15, -0.1) is 0 Å². The van der Waals surface area contributed by atoms with Crippen molar-refractivity contribution in [3.8, 4) is 5.88 Å². The lowest BCUT2D eigenvalue weighted by atomic mass is 9.59. The number of fused-ring (bicyclic) bond motifs is 3. The molecule has 5 fully saturated rings. The molecule has 4 saturated heterocycles. The molecule has 16 nitrogen and oxygen atoms in total. The van der Waals surface area contributed by atoms with E-state index in [9.17, 15) is 32.1 Å². The number of nitro benzene ring substituents is 1. The summed E-state index contributed by atoms with van der Waals surface area (Å²) in [5.74, 6) is -1.21. The van der Waals surface area contributed by atoms with Crippen LogP contribution in [0.25, 0.3) is 11.0 Å². The molecular formula is C60H68F2N8O8S. The number of nitrogens with one attached hydrogen (secondary N) is 3. The summed E-state index contributed by atoms with van der Waals surface area (Å²) in [6.07, 6.45) is 10.3. The third kappa shape index (κ3) is 10.7. The van der Waals surface area contributed by atoms with Crippen molar-refractivity contribution in [2.75, 3.05) is 67.7 Å². The molecule has 6 aromatic rings. The smallest absolute Gasteiger partial charge is 0.293 e. The number of likely N-dealkylation sites (tertiary alicyclic amines) is 1. The number of carbonyl (C=O) groups excluding carboxylic acids is 1. The summed E-state index contributed by atoms with van der Waals surface area (Å²) >= 11 is 0. The molecule has 1 amide bonds. The second kappa shape index (κ2) is 21.8. The van der Waals surface area contributed by atoms with E-state index in [0.717, 1.165) is 93.7 Å². The van der Waals surface area contributed by atoms with Crippen LogP contribution in [0.4, 0.5) is 37.2 Å². The Bertz CT molecular complexity index is 3370. The number of nitro groups is 1. The molecule has 2 aromatic heterocycles. The Kier molecular flexibility index (Phi) is 14.6. The lowest BCUT2D eigenvalue weighted by Crippen LogP contribution is -2.57. The first kappa shape index (κ1) is 53.0. The van der Waals surface area contributed by atoms with Crippen molar-refractivity contribution in [1.29, 1.82) is 0 Å². The highest BCUT2D eigenvalue weighted by molar-refractivity contribution is 7.90. The number of piperidine rings is 2. The van der Waals surface area contributed by atoms with E-state index in [1.54, 1.807) is 18.3 Å². The number of sulfonamides is 1. The Morgan fingerprint density at radius 2 is 1.68 bits per heavy atom. The molecule has 0 bridgehead atoms. The summed E-state index contributed by atoms with van der Waals surface area (Å²) in [4.78, 5) is 41.3. The fourth-order valence-electron chi connectivity index (χ4n) is 13.6. The maximum atomic E-state index is 14.8. The second-order valence-corrected chi connectivity index (χ2v) is 24.8. The topological polar surface area (TPSA) is 184 Å². The number of aromatic amines is 1. The van der Waals surface area contributed by atoms with E-state index in [1.165, 1.54) is 35.4 Å². The number of ether oxygens (including phenoxy) is 3. The summed E-state index contributed by atoms with van der Waals surface area (Å²) < 4.78 is 76.9. The number of aromatic nitrogens is 2. The number of pyridine rings is 1. The number of anilines is 4. The van der Waals surface area contributed by atoms with Gasteiger partial charge in [-0.05, 0) is 165 Å². The van der Waals surface area contributed by atoms with Gasteiger partial charge in [-0.1, -0.05) is 44.2 Å². The number of halogens is 2. The molecule has 7 heterocycles. The quantitative estimate of drug-likeness (QED) is 0.0692. The van der Waals surface area contributed by atoms with E-state index in [4.69, 9.17) is 19.2 Å². The van der Waals surface area contributed by atoms with Crippen molar-refractivity contribution in [2.45, 2.75) is 113 Å². The van der Waals surface area contributed by atoms with Crippen LogP contribution in [0.1, 0.15) is 111 Å². The molecule has 79 heavy (non-hydrogen) atoms. The predicted molar refractivity (Wildman–Crippen MR) is 298 cm³/mol. The average molecular weight is 1100 g/mol. The fraction of sp³-hybridized carbons (Fsp3) is 0.467. The highest BCUT2D eigenvalue weighted by Crippen LogP contribution is 2.55. The number of nitrogens with zero attached hydrogens (tertiary/aromatic N) is 5. The van der Waals surface area contributed by atoms with Gasteiger partial charge in [0.1, 0.15) is 23.1 Å². The molecule has 12 rings (SSSR count). The molecule has 1 saturated carbocycles. The van der Waals surface area contributed by atoms with Gasteiger partial charge in [0.25, 0.3) is 21.6 Å². The van der Waals surface area contributed by atoms with Crippen molar-refractivity contribution < 1.29 is 41.1 Å². The van der Waals surface area contributed by atoms with E-state index >= 15 is 0 Å². The van der Waals surface area contributed by atoms with E-state index in [-0.39, 0.29) is 41.3 Å². The Balaban J connectivity index is 0.806. The molecule has 5 aliphatic heterocycles. The van der Waals surface area contributed by atoms with E-state index < -0.39 is 49.2 Å². The third-order valence-electron chi connectivity index (χ3n) is 17.9.